The summed E-state index contributed by atoms with van der Waals surface area (Å²) in [5.74, 6) is -9.55. The van der Waals surface area contributed by atoms with Gasteiger partial charge in [-0.1, -0.05) is 146 Å². The Bertz CT molecular complexity index is 3430. The van der Waals surface area contributed by atoms with Crippen LogP contribution in [0.15, 0.2) is 182 Å². The fourth-order valence-corrected chi connectivity index (χ4v) is 10.6. The van der Waals surface area contributed by atoms with Crippen LogP contribution in [0.5, 0.6) is 34.5 Å². The molecule has 0 saturated carbocycles. The zero-order chi connectivity index (χ0) is 60.2. The van der Waals surface area contributed by atoms with Crippen molar-refractivity contribution in [1.29, 1.82) is 0 Å². The van der Waals surface area contributed by atoms with E-state index in [0.29, 0.717) is 33.4 Å². The lowest BCUT2D eigenvalue weighted by Crippen LogP contribution is -2.25. The van der Waals surface area contributed by atoms with Gasteiger partial charge in [0.25, 0.3) is 35.4 Å². The fourth-order valence-electron chi connectivity index (χ4n) is 10.6. The number of phenols is 6. The molecular formula is C68H56N6O12. The first kappa shape index (κ1) is 56.5. The monoisotopic (exact) mass is 1150 g/mol. The topological polar surface area (TPSA) is 296 Å². The first-order chi connectivity index (χ1) is 41.6. The van der Waals surface area contributed by atoms with Crippen molar-refractivity contribution in [2.24, 2.45) is 0 Å². The Morgan fingerprint density at radius 2 is 0.337 bits per heavy atom. The zero-order valence-electron chi connectivity index (χ0n) is 45.9. The Hall–Kier alpha value is -11.4. The van der Waals surface area contributed by atoms with Gasteiger partial charge in [0.05, 0.1) is 33.4 Å². The van der Waals surface area contributed by atoms with Gasteiger partial charge in [0.2, 0.25) is 0 Å². The summed E-state index contributed by atoms with van der Waals surface area (Å²) in [6.07, 6.45) is 0. The third-order valence-electron chi connectivity index (χ3n) is 15.5. The van der Waals surface area contributed by atoms with E-state index in [1.54, 1.807) is 0 Å². The Kier molecular flexibility index (Phi) is 15.9. The summed E-state index contributed by atoms with van der Waals surface area (Å²) in [7, 11) is 0. The molecular weight excluding hydrogens is 1090 g/mol. The number of carbonyl (C=O) groups is 6. The minimum atomic E-state index is -0.762. The first-order valence-corrected chi connectivity index (χ1v) is 27.5. The molecule has 0 saturated heterocycles. The Labute approximate surface area is 492 Å². The maximum absolute atomic E-state index is 13.5. The Morgan fingerprint density at radius 1 is 0.209 bits per heavy atom. The van der Waals surface area contributed by atoms with Gasteiger partial charge in [-0.2, -0.15) is 0 Å². The standard InChI is InChI=1S/C68H56N6O12/c75-57-49-25-26-50(58(57)76)64(82)72-34-40-7-19-46(20-8-40)56-47-21-9-41(10-22-47)35-73-67(85)53-29-27-51(59(77)61(53)79)65(83)70-32-38-3-15-44(16-4-38)55(43-13-1-37(2-14-43)31-69-63(49)81)45-17-5-39(6-18-45)33-71-66(84)52-28-30-54(62(80)60(52)78)68(86)74-36-42-11-23-48(56)24-12-42/h1-30,55-56,75-80H,31-36H2,(H,69,81)(H,70,83)(H,71,84)(H,72,82)(H,73,85)(H,74,86). The van der Waals surface area contributed by atoms with Crippen LogP contribution in [-0.4, -0.2) is 66.1 Å². The van der Waals surface area contributed by atoms with Gasteiger partial charge >= 0.3 is 0 Å². The molecule has 30 heterocycles. The van der Waals surface area contributed by atoms with E-state index < -0.39 is 81.8 Å². The summed E-state index contributed by atoms with van der Waals surface area (Å²) in [5, 5.41) is 83.0. The molecule has 86 heavy (non-hydrogen) atoms. The van der Waals surface area contributed by atoms with Gasteiger partial charge in [0.1, 0.15) is 0 Å². The average molecular weight is 1150 g/mol. The van der Waals surface area contributed by atoms with Crippen LogP contribution in [0.25, 0.3) is 0 Å². The summed E-state index contributed by atoms with van der Waals surface area (Å²) in [6, 6.07) is 52.2. The van der Waals surface area contributed by atoms with Gasteiger partial charge in [-0.05, 0) is 103 Å². The lowest BCUT2D eigenvalue weighted by molar-refractivity contribution is 0.0933. The van der Waals surface area contributed by atoms with E-state index in [0.717, 1.165) is 33.4 Å². The predicted octanol–water partition coefficient (Wildman–Crippen LogP) is 8.49. The van der Waals surface area contributed by atoms with Crippen LogP contribution in [-0.2, 0) is 39.3 Å². The number of aromatic hydroxyl groups is 6. The Morgan fingerprint density at radius 3 is 0.465 bits per heavy atom. The van der Waals surface area contributed by atoms with Crippen LogP contribution < -0.4 is 31.9 Å². The summed E-state index contributed by atoms with van der Waals surface area (Å²) in [6.45, 7) is 0.160. The normalized spacial score (nSPS) is 15.9. The summed E-state index contributed by atoms with van der Waals surface area (Å²) in [5.41, 5.74) is 7.70. The highest BCUT2D eigenvalue weighted by atomic mass is 16.3. The van der Waals surface area contributed by atoms with Crippen LogP contribution in [0.2, 0.25) is 0 Å². The van der Waals surface area contributed by atoms with E-state index in [-0.39, 0.29) is 72.6 Å². The van der Waals surface area contributed by atoms with Crippen LogP contribution in [0.1, 0.15) is 141 Å². The van der Waals surface area contributed by atoms with Crippen molar-refractivity contribution >= 4 is 35.4 Å². The van der Waals surface area contributed by atoms with Crippen molar-refractivity contribution in [2.45, 2.75) is 51.1 Å². The van der Waals surface area contributed by atoms with Gasteiger partial charge in [-0.3, -0.25) is 28.8 Å². The lowest BCUT2D eigenvalue weighted by atomic mass is 9.84. The maximum Gasteiger partial charge on any atom is 0.255 e. The van der Waals surface area contributed by atoms with Crippen LogP contribution >= 0.6 is 0 Å². The zero-order valence-corrected chi connectivity index (χ0v) is 45.9. The molecule has 0 aliphatic carbocycles. The minimum absolute atomic E-state index is 0.0267. The summed E-state index contributed by atoms with van der Waals surface area (Å²) in [4.78, 5) is 81.1. The summed E-state index contributed by atoms with van der Waals surface area (Å²) < 4.78 is 0. The number of nitrogens with one attached hydrogen (secondary N) is 6. The van der Waals surface area contributed by atoms with E-state index in [2.05, 4.69) is 31.9 Å². The minimum Gasteiger partial charge on any atom is -0.504 e. The fraction of sp³-hybridized carbons (Fsp3) is 0.118. The molecule has 9 aromatic rings. The SMILES string of the molecule is O=C1NCc2ccc(cc2)C2c3ccc(cc3)CNC(=O)c3ccc(c(O)c3O)C(=O)NCc3ccc(cc3)C(c3ccc(cc3)CNC(=O)c3ccc1c(O)c3O)c1ccc(cc1)CNC(=O)c1ccc(c(O)c1O)C(=O)NCc1ccc2cc1. The van der Waals surface area contributed by atoms with Crippen LogP contribution in [0.4, 0.5) is 0 Å². The molecule has 6 amide bonds. The van der Waals surface area contributed by atoms with E-state index in [1.807, 2.05) is 146 Å². The van der Waals surface area contributed by atoms with Gasteiger partial charge < -0.3 is 62.5 Å². The number of benzene rings is 9. The van der Waals surface area contributed by atoms with Crippen molar-refractivity contribution in [3.05, 3.63) is 282 Å². The van der Waals surface area contributed by atoms with Gasteiger partial charge in [-0.25, -0.2) is 0 Å². The van der Waals surface area contributed by atoms with E-state index in [9.17, 15) is 59.4 Å². The van der Waals surface area contributed by atoms with Crippen LogP contribution in [0.3, 0.4) is 0 Å². The van der Waals surface area contributed by atoms with Gasteiger partial charge in [0, 0.05) is 51.1 Å². The molecule has 30 aliphatic rings. The molecule has 0 fully saturated rings. The molecule has 18 heteroatoms. The van der Waals surface area contributed by atoms with Crippen molar-refractivity contribution in [3.63, 3.8) is 0 Å². The highest BCUT2D eigenvalue weighted by molar-refractivity contribution is 6.05. The van der Waals surface area contributed by atoms with Crippen molar-refractivity contribution in [3.8, 4) is 34.5 Å². The molecule has 0 spiro atoms. The van der Waals surface area contributed by atoms with Crippen molar-refractivity contribution in [2.75, 3.05) is 0 Å². The Balaban J connectivity index is 0.980. The third-order valence-corrected chi connectivity index (χ3v) is 15.5. The molecule has 0 radical (unpaired) electrons. The second-order valence-electron chi connectivity index (χ2n) is 21.0. The van der Waals surface area contributed by atoms with E-state index >= 15 is 0 Å². The second-order valence-corrected chi connectivity index (χ2v) is 21.0. The number of hydrogen-bond acceptors (Lipinski definition) is 12. The number of rotatable bonds is 0. The number of hydrogen-bond donors (Lipinski definition) is 12. The molecule has 18 nitrogen and oxygen atoms in total. The third kappa shape index (κ3) is 11.8. The number of phenolic OH excluding ortho intramolecular Hbond substituents is 6. The summed E-state index contributed by atoms with van der Waals surface area (Å²) >= 11 is 0. The second kappa shape index (κ2) is 24.2. The van der Waals surface area contributed by atoms with Gasteiger partial charge in [0.15, 0.2) is 34.5 Å². The number of carbonyl (C=O) groups excluding carboxylic acids is 6. The maximum atomic E-state index is 13.5. The average Bonchev–Trinajstić information content (AvgIpc) is 2.85. The lowest BCUT2D eigenvalue weighted by Gasteiger charge is -2.21. The molecule has 30 aliphatic heterocycles. The largest absolute Gasteiger partial charge is 0.504 e. The van der Waals surface area contributed by atoms with Crippen LogP contribution in [0, 0.1) is 0 Å². The molecule has 39 rings (SSSR count). The molecule has 12 N–H and O–H groups in total. The molecule has 0 atom stereocenters. The molecule has 430 valence electrons. The quantitative estimate of drug-likeness (QED) is 0.0637. The first-order valence-electron chi connectivity index (χ1n) is 27.5. The molecule has 20 bridgehead atoms. The number of amides is 6. The van der Waals surface area contributed by atoms with E-state index in [4.69, 9.17) is 0 Å². The van der Waals surface area contributed by atoms with Gasteiger partial charge in [-0.15, -0.1) is 0 Å². The van der Waals surface area contributed by atoms with E-state index in [1.165, 1.54) is 36.4 Å². The van der Waals surface area contributed by atoms with Crippen molar-refractivity contribution < 1.29 is 59.4 Å². The predicted molar refractivity (Wildman–Crippen MR) is 317 cm³/mol. The highest BCUT2D eigenvalue weighted by Gasteiger charge is 2.26. The highest BCUT2D eigenvalue weighted by Crippen LogP contribution is 2.38. The van der Waals surface area contributed by atoms with Crippen molar-refractivity contribution in [1.82, 2.24) is 31.9 Å². The molecule has 0 aromatic heterocycles. The molecule has 0 unspecified atom stereocenters. The molecule has 9 aromatic carbocycles. The smallest absolute Gasteiger partial charge is 0.255 e.